The largest absolute Gasteiger partial charge is 0.0682 e. The standard InChI is InChI=1S/C4H10Si3/c1-3-7(4-2)6-5/h3-4H2,1-2H3. The van der Waals surface area contributed by atoms with Gasteiger partial charge in [0.1, 0.15) is 0 Å². The lowest BCUT2D eigenvalue weighted by molar-refractivity contribution is 1.35. The summed E-state index contributed by atoms with van der Waals surface area (Å²) in [5, 5.41) is 0. The van der Waals surface area contributed by atoms with Gasteiger partial charge in [0.15, 0.2) is 0 Å². The van der Waals surface area contributed by atoms with Crippen molar-refractivity contribution >= 4 is 26.6 Å². The fourth-order valence-corrected chi connectivity index (χ4v) is 5.52. The van der Waals surface area contributed by atoms with Gasteiger partial charge in [-0.25, -0.2) is 0 Å². The molecule has 0 atom stereocenters. The predicted molar refractivity (Wildman–Crippen MR) is 38.2 cm³/mol. The number of hydrogen-bond acceptors (Lipinski definition) is 0. The van der Waals surface area contributed by atoms with E-state index in [4.69, 9.17) is 0 Å². The fraction of sp³-hybridized carbons (Fsp3) is 1.00. The lowest BCUT2D eigenvalue weighted by atomic mass is 11.0. The van der Waals surface area contributed by atoms with Crippen LogP contribution in [-0.4, -0.2) is 26.6 Å². The summed E-state index contributed by atoms with van der Waals surface area (Å²) in [6.45, 7) is 4.57. The second-order valence-electron chi connectivity index (χ2n) is 1.44. The monoisotopic (exact) mass is 142 g/mol. The Balaban J connectivity index is 2.99. The third-order valence-electron chi connectivity index (χ3n) is 1.03. The van der Waals surface area contributed by atoms with E-state index < -0.39 is 0 Å². The van der Waals surface area contributed by atoms with E-state index in [1.807, 2.05) is 0 Å². The second-order valence-corrected chi connectivity index (χ2v) is 9.43. The Morgan fingerprint density at radius 1 is 1.43 bits per heavy atom. The van der Waals surface area contributed by atoms with Crippen molar-refractivity contribution in [3.63, 3.8) is 0 Å². The molecule has 0 heterocycles. The maximum atomic E-state index is 3.55. The zero-order chi connectivity index (χ0) is 5.70. The van der Waals surface area contributed by atoms with Gasteiger partial charge < -0.3 is 0 Å². The average Bonchev–Trinajstić information content (AvgIpc) is 1.72. The summed E-state index contributed by atoms with van der Waals surface area (Å²) >= 11 is 0. The number of hydrogen-bond donors (Lipinski definition) is 0. The first-order valence-corrected chi connectivity index (χ1v) is 8.04. The van der Waals surface area contributed by atoms with E-state index >= 15 is 0 Å². The first kappa shape index (κ1) is 7.65. The van der Waals surface area contributed by atoms with Gasteiger partial charge in [-0.15, -0.1) is 0 Å². The third kappa shape index (κ3) is 3.25. The van der Waals surface area contributed by atoms with Gasteiger partial charge in [-0.1, -0.05) is 25.9 Å². The van der Waals surface area contributed by atoms with Crippen molar-refractivity contribution < 1.29 is 0 Å². The molecule has 0 aromatic carbocycles. The quantitative estimate of drug-likeness (QED) is 0.512. The molecule has 0 rings (SSSR count). The summed E-state index contributed by atoms with van der Waals surface area (Å²) in [6, 6.07) is 2.84. The van der Waals surface area contributed by atoms with Crippen molar-refractivity contribution in [1.82, 2.24) is 0 Å². The summed E-state index contributed by atoms with van der Waals surface area (Å²) in [5.74, 6) is 0. The van der Waals surface area contributed by atoms with Crippen LogP contribution in [0.2, 0.25) is 12.1 Å². The molecule has 3 heteroatoms. The van der Waals surface area contributed by atoms with Crippen LogP contribution in [0.3, 0.4) is 0 Å². The first-order chi connectivity index (χ1) is 3.35. The summed E-state index contributed by atoms with van der Waals surface area (Å²) < 4.78 is 0. The summed E-state index contributed by atoms with van der Waals surface area (Å²) in [7, 11) is 4.69. The van der Waals surface area contributed by atoms with Crippen LogP contribution in [0.25, 0.3) is 0 Å². The van der Waals surface area contributed by atoms with Gasteiger partial charge in [0, 0.05) is 26.6 Å². The predicted octanol–water partition coefficient (Wildman–Crippen LogP) is 0.805. The molecule has 0 unspecified atom stereocenters. The highest BCUT2D eigenvalue weighted by Gasteiger charge is 1.99. The first-order valence-electron chi connectivity index (χ1n) is 2.62. The molecular weight excluding hydrogens is 132 g/mol. The van der Waals surface area contributed by atoms with Crippen molar-refractivity contribution in [2.45, 2.75) is 25.9 Å². The van der Waals surface area contributed by atoms with E-state index in [0.717, 1.165) is 8.55 Å². The average molecular weight is 142 g/mol. The molecule has 0 fully saturated rings. The molecule has 0 aliphatic heterocycles. The lowest BCUT2D eigenvalue weighted by Gasteiger charge is -2.01. The summed E-state index contributed by atoms with van der Waals surface area (Å²) in [4.78, 5) is 0. The molecule has 7 heavy (non-hydrogen) atoms. The normalized spacial score (nSPS) is 10.3. The minimum Gasteiger partial charge on any atom is -0.0682 e. The van der Waals surface area contributed by atoms with Crippen molar-refractivity contribution in [2.24, 2.45) is 0 Å². The van der Waals surface area contributed by atoms with Crippen LogP contribution in [0.4, 0.5) is 0 Å². The summed E-state index contributed by atoms with van der Waals surface area (Å²) in [5.41, 5.74) is 0. The van der Waals surface area contributed by atoms with Crippen LogP contribution >= 0.6 is 0 Å². The molecule has 0 aromatic rings. The Hall–Kier alpha value is 0.651. The molecule has 0 amide bonds. The van der Waals surface area contributed by atoms with E-state index in [1.165, 1.54) is 12.1 Å². The van der Waals surface area contributed by atoms with E-state index in [9.17, 15) is 0 Å². The van der Waals surface area contributed by atoms with Gasteiger partial charge in [0.05, 0.1) is 0 Å². The van der Waals surface area contributed by atoms with E-state index in [2.05, 4.69) is 23.6 Å². The molecule has 6 radical (unpaired) electrons. The molecular formula is C4H10Si3. The van der Waals surface area contributed by atoms with E-state index in [1.54, 1.807) is 0 Å². The Bertz CT molecular complexity index is 28.4. The Kier molecular flexibility index (Phi) is 5.25. The zero-order valence-corrected chi connectivity index (χ0v) is 7.91. The lowest BCUT2D eigenvalue weighted by Crippen LogP contribution is -2.19. The molecule has 0 N–H and O–H groups in total. The molecule has 0 saturated carbocycles. The van der Waals surface area contributed by atoms with Crippen LogP contribution in [0.1, 0.15) is 13.8 Å². The second kappa shape index (κ2) is 4.80. The molecule has 0 saturated heterocycles. The molecule has 0 spiro atoms. The molecule has 0 aliphatic carbocycles. The fourth-order valence-electron chi connectivity index (χ4n) is 0.427. The van der Waals surface area contributed by atoms with Gasteiger partial charge in [0.2, 0.25) is 0 Å². The summed E-state index contributed by atoms with van der Waals surface area (Å²) in [6.07, 6.45) is 0. The molecule has 0 bridgehead atoms. The van der Waals surface area contributed by atoms with E-state index in [-0.39, 0.29) is 8.31 Å². The topological polar surface area (TPSA) is 0 Å². The highest BCUT2D eigenvalue weighted by atomic mass is 29.5. The molecule has 0 nitrogen and oxygen atoms in total. The van der Waals surface area contributed by atoms with Crippen LogP contribution in [0.5, 0.6) is 0 Å². The molecule has 0 aliphatic rings. The van der Waals surface area contributed by atoms with Gasteiger partial charge in [-0.2, -0.15) is 0 Å². The van der Waals surface area contributed by atoms with Crippen molar-refractivity contribution in [2.75, 3.05) is 0 Å². The minimum absolute atomic E-state index is 0.0787. The van der Waals surface area contributed by atoms with Crippen molar-refractivity contribution in [3.05, 3.63) is 0 Å². The Morgan fingerprint density at radius 2 is 1.86 bits per heavy atom. The zero-order valence-electron chi connectivity index (χ0n) is 4.91. The van der Waals surface area contributed by atoms with Gasteiger partial charge in [-0.3, -0.25) is 0 Å². The highest BCUT2D eigenvalue weighted by Crippen LogP contribution is 1.92. The molecule has 0 aromatic heterocycles. The Morgan fingerprint density at radius 3 is 1.86 bits per heavy atom. The van der Waals surface area contributed by atoms with Crippen LogP contribution < -0.4 is 0 Å². The van der Waals surface area contributed by atoms with E-state index in [0.29, 0.717) is 0 Å². The van der Waals surface area contributed by atoms with Gasteiger partial charge in [-0.05, 0) is 0 Å². The van der Waals surface area contributed by atoms with Crippen LogP contribution in [0, 0.1) is 0 Å². The minimum atomic E-state index is 0.0787. The van der Waals surface area contributed by atoms with Crippen LogP contribution in [0.15, 0.2) is 0 Å². The maximum absolute atomic E-state index is 3.55. The van der Waals surface area contributed by atoms with Gasteiger partial charge in [0.25, 0.3) is 0 Å². The van der Waals surface area contributed by atoms with Crippen molar-refractivity contribution in [3.8, 4) is 0 Å². The highest BCUT2D eigenvalue weighted by molar-refractivity contribution is 7.31. The maximum Gasteiger partial charge on any atom is 0.0298 e. The van der Waals surface area contributed by atoms with Crippen molar-refractivity contribution in [1.29, 1.82) is 0 Å². The molecule has 38 valence electrons. The smallest absolute Gasteiger partial charge is 0.0298 e. The third-order valence-corrected chi connectivity index (χ3v) is 9.45. The number of rotatable bonds is 3. The van der Waals surface area contributed by atoms with Gasteiger partial charge >= 0.3 is 0 Å². The SMILES string of the molecule is CC[Si](CC)[Si][Si]. The van der Waals surface area contributed by atoms with Crippen LogP contribution in [-0.2, 0) is 0 Å². The Labute approximate surface area is 53.1 Å².